The summed E-state index contributed by atoms with van der Waals surface area (Å²) in [5.41, 5.74) is 1.74. The molecule has 0 spiro atoms. The van der Waals surface area contributed by atoms with Crippen LogP contribution in [0.5, 0.6) is 11.5 Å². The molecule has 1 heterocycles. The van der Waals surface area contributed by atoms with E-state index in [4.69, 9.17) is 21.1 Å². The lowest BCUT2D eigenvalue weighted by Crippen LogP contribution is -2.30. The Hall–Kier alpha value is -3.36. The van der Waals surface area contributed by atoms with Crippen molar-refractivity contribution in [2.75, 3.05) is 11.5 Å². The van der Waals surface area contributed by atoms with Crippen LogP contribution in [-0.2, 0) is 11.4 Å². The number of urea groups is 1. The molecule has 1 N–H and O–H groups in total. The molecule has 1 fully saturated rings. The van der Waals surface area contributed by atoms with Crippen molar-refractivity contribution in [3.8, 4) is 11.5 Å². The molecule has 34 heavy (non-hydrogen) atoms. The first-order valence-corrected chi connectivity index (χ1v) is 11.5. The summed E-state index contributed by atoms with van der Waals surface area (Å²) in [6.07, 6.45) is 1.55. The number of rotatable bonds is 7. The summed E-state index contributed by atoms with van der Waals surface area (Å²) < 4.78 is 25.7. The lowest BCUT2D eigenvalue weighted by molar-refractivity contribution is -0.113. The monoisotopic (exact) mass is 544 g/mol. The van der Waals surface area contributed by atoms with Gasteiger partial charge >= 0.3 is 6.03 Å². The van der Waals surface area contributed by atoms with E-state index in [9.17, 15) is 14.0 Å². The van der Waals surface area contributed by atoms with Crippen LogP contribution in [0.2, 0.25) is 5.02 Å². The van der Waals surface area contributed by atoms with Gasteiger partial charge in [0.25, 0.3) is 5.91 Å². The predicted molar refractivity (Wildman–Crippen MR) is 131 cm³/mol. The van der Waals surface area contributed by atoms with E-state index in [-0.39, 0.29) is 18.1 Å². The van der Waals surface area contributed by atoms with Crippen LogP contribution in [0.1, 0.15) is 18.1 Å². The van der Waals surface area contributed by atoms with Crippen LogP contribution >= 0.6 is 27.5 Å². The molecule has 3 amide bonds. The van der Waals surface area contributed by atoms with E-state index in [1.165, 1.54) is 18.2 Å². The third kappa shape index (κ3) is 5.24. The third-order valence-corrected chi connectivity index (χ3v) is 5.68. The maximum atomic E-state index is 13.5. The quantitative estimate of drug-likeness (QED) is 0.279. The van der Waals surface area contributed by atoms with Crippen molar-refractivity contribution in [1.29, 1.82) is 0 Å². The van der Waals surface area contributed by atoms with E-state index < -0.39 is 11.9 Å². The molecule has 3 aromatic carbocycles. The number of nitrogens with one attached hydrogen (secondary N) is 1. The largest absolute Gasteiger partial charge is 0.490 e. The molecule has 9 heteroatoms. The molecule has 0 aromatic heterocycles. The molecule has 0 radical (unpaired) electrons. The highest BCUT2D eigenvalue weighted by Gasteiger charge is 2.35. The zero-order valence-electron chi connectivity index (χ0n) is 18.0. The smallest absolute Gasteiger partial charge is 0.333 e. The minimum Gasteiger partial charge on any atom is -0.490 e. The fourth-order valence-corrected chi connectivity index (χ4v) is 4.17. The Bertz CT molecular complexity index is 1300. The SMILES string of the molecule is CCOc1cc(/C=C2/NC(=O)N(c3cccc(Cl)c3)C2=O)cc(Br)c1OCc1cccc(F)c1. The number of nitrogens with zero attached hydrogens (tertiary/aromatic N) is 1. The molecular weight excluding hydrogens is 527 g/mol. The van der Waals surface area contributed by atoms with Crippen LogP contribution in [-0.4, -0.2) is 18.5 Å². The summed E-state index contributed by atoms with van der Waals surface area (Å²) in [5, 5.41) is 3.00. The number of benzene rings is 3. The van der Waals surface area contributed by atoms with Crippen LogP contribution in [0.15, 0.2) is 70.8 Å². The zero-order chi connectivity index (χ0) is 24.2. The standard InChI is InChI=1S/C25H19BrClFN2O4/c1-2-33-22-12-16(10-20(26)23(22)34-14-15-5-3-7-18(28)9-15)11-21-24(31)30(25(32)29-21)19-8-4-6-17(27)13-19/h3-13H,2,14H2,1H3,(H,29,32)/b21-11+. The number of hydrogen-bond donors (Lipinski definition) is 1. The van der Waals surface area contributed by atoms with Crippen LogP contribution in [0.25, 0.3) is 6.08 Å². The summed E-state index contributed by atoms with van der Waals surface area (Å²) in [6.45, 7) is 2.35. The highest BCUT2D eigenvalue weighted by atomic mass is 79.9. The highest BCUT2D eigenvalue weighted by Crippen LogP contribution is 2.38. The third-order valence-electron chi connectivity index (χ3n) is 4.86. The maximum absolute atomic E-state index is 13.5. The van der Waals surface area contributed by atoms with Gasteiger partial charge < -0.3 is 14.8 Å². The van der Waals surface area contributed by atoms with Crippen LogP contribution < -0.4 is 19.7 Å². The molecular formula is C25H19BrClFN2O4. The van der Waals surface area contributed by atoms with Crippen LogP contribution in [0.3, 0.4) is 0 Å². The van der Waals surface area contributed by atoms with E-state index in [0.29, 0.717) is 44.4 Å². The Morgan fingerprint density at radius 3 is 2.62 bits per heavy atom. The van der Waals surface area contributed by atoms with Crippen molar-refractivity contribution in [3.63, 3.8) is 0 Å². The van der Waals surface area contributed by atoms with Gasteiger partial charge in [0, 0.05) is 5.02 Å². The van der Waals surface area contributed by atoms with Gasteiger partial charge in [0.15, 0.2) is 11.5 Å². The highest BCUT2D eigenvalue weighted by molar-refractivity contribution is 9.10. The van der Waals surface area contributed by atoms with E-state index >= 15 is 0 Å². The maximum Gasteiger partial charge on any atom is 0.333 e. The molecule has 0 saturated carbocycles. The number of ether oxygens (including phenoxy) is 2. The topological polar surface area (TPSA) is 67.9 Å². The Kier molecular flexibility index (Phi) is 7.19. The first-order valence-electron chi connectivity index (χ1n) is 10.3. The number of hydrogen-bond acceptors (Lipinski definition) is 4. The summed E-state index contributed by atoms with van der Waals surface area (Å²) in [5.74, 6) is 0.0224. The second-order valence-electron chi connectivity index (χ2n) is 7.29. The number of carbonyl (C=O) groups excluding carboxylic acids is 2. The van der Waals surface area contributed by atoms with Gasteiger partial charge in [-0.15, -0.1) is 0 Å². The average Bonchev–Trinajstić information content (AvgIpc) is 3.06. The van der Waals surface area contributed by atoms with Gasteiger partial charge in [0.2, 0.25) is 0 Å². The van der Waals surface area contributed by atoms with E-state index in [1.807, 2.05) is 6.92 Å². The van der Waals surface area contributed by atoms with Gasteiger partial charge in [-0.3, -0.25) is 4.79 Å². The molecule has 0 bridgehead atoms. The normalized spacial score (nSPS) is 14.5. The summed E-state index contributed by atoms with van der Waals surface area (Å²) >= 11 is 9.49. The number of halogens is 3. The Balaban J connectivity index is 1.60. The molecule has 0 atom stereocenters. The van der Waals surface area contributed by atoms with Crippen molar-refractivity contribution >= 4 is 51.2 Å². The summed E-state index contributed by atoms with van der Waals surface area (Å²) in [4.78, 5) is 26.4. The molecule has 6 nitrogen and oxygen atoms in total. The lowest BCUT2D eigenvalue weighted by Gasteiger charge is -2.15. The van der Waals surface area contributed by atoms with E-state index in [2.05, 4.69) is 21.2 Å². The predicted octanol–water partition coefficient (Wildman–Crippen LogP) is 6.32. The molecule has 1 aliphatic heterocycles. The molecule has 174 valence electrons. The molecule has 1 saturated heterocycles. The number of amides is 3. The fourth-order valence-electron chi connectivity index (χ4n) is 3.41. The molecule has 1 aliphatic rings. The fraction of sp³-hybridized carbons (Fsp3) is 0.120. The van der Waals surface area contributed by atoms with Gasteiger partial charge in [-0.1, -0.05) is 29.8 Å². The zero-order valence-corrected chi connectivity index (χ0v) is 20.3. The minimum atomic E-state index is -0.572. The van der Waals surface area contributed by atoms with Crippen molar-refractivity contribution in [2.45, 2.75) is 13.5 Å². The van der Waals surface area contributed by atoms with Gasteiger partial charge in [0.1, 0.15) is 18.1 Å². The number of carbonyl (C=O) groups is 2. The Morgan fingerprint density at radius 1 is 1.09 bits per heavy atom. The summed E-state index contributed by atoms with van der Waals surface area (Å²) in [6, 6.07) is 15.5. The Labute approximate surface area is 209 Å². The average molecular weight is 546 g/mol. The van der Waals surface area contributed by atoms with Gasteiger partial charge in [0.05, 0.1) is 16.8 Å². The van der Waals surface area contributed by atoms with Gasteiger partial charge in [-0.25, -0.2) is 14.1 Å². The molecule has 4 rings (SSSR count). The van der Waals surface area contributed by atoms with Crippen molar-refractivity contribution in [1.82, 2.24) is 5.32 Å². The van der Waals surface area contributed by atoms with Crippen LogP contribution in [0, 0.1) is 5.82 Å². The molecule has 3 aromatic rings. The molecule has 0 unspecified atom stereocenters. The van der Waals surface area contributed by atoms with E-state index in [0.717, 1.165) is 4.90 Å². The first kappa shape index (κ1) is 23.8. The molecule has 0 aliphatic carbocycles. The van der Waals surface area contributed by atoms with Crippen LogP contribution in [0.4, 0.5) is 14.9 Å². The summed E-state index contributed by atoms with van der Waals surface area (Å²) in [7, 11) is 0. The van der Waals surface area contributed by atoms with Crippen molar-refractivity contribution in [2.24, 2.45) is 0 Å². The van der Waals surface area contributed by atoms with Crippen molar-refractivity contribution in [3.05, 3.63) is 92.8 Å². The van der Waals surface area contributed by atoms with E-state index in [1.54, 1.807) is 48.5 Å². The first-order chi connectivity index (χ1) is 16.4. The Morgan fingerprint density at radius 2 is 1.88 bits per heavy atom. The number of anilines is 1. The lowest BCUT2D eigenvalue weighted by atomic mass is 10.1. The minimum absolute atomic E-state index is 0.104. The van der Waals surface area contributed by atoms with Gasteiger partial charge in [-0.05, 0) is 82.5 Å². The van der Waals surface area contributed by atoms with Crippen molar-refractivity contribution < 1.29 is 23.5 Å². The number of imide groups is 1. The second-order valence-corrected chi connectivity index (χ2v) is 8.58. The van der Waals surface area contributed by atoms with Gasteiger partial charge in [-0.2, -0.15) is 0 Å². The second kappa shape index (κ2) is 10.3.